The Morgan fingerprint density at radius 1 is 1.29 bits per heavy atom. The highest BCUT2D eigenvalue weighted by molar-refractivity contribution is 7.71. The van der Waals surface area contributed by atoms with Crippen molar-refractivity contribution in [2.45, 2.75) is 53.0 Å². The van der Waals surface area contributed by atoms with Gasteiger partial charge in [0.05, 0.1) is 12.1 Å². The van der Waals surface area contributed by atoms with E-state index in [1.54, 1.807) is 0 Å². The summed E-state index contributed by atoms with van der Waals surface area (Å²) >= 11 is 5.23. The lowest BCUT2D eigenvalue weighted by Gasteiger charge is -2.34. The highest BCUT2D eigenvalue weighted by Crippen LogP contribution is 2.29. The number of amides is 2. The Morgan fingerprint density at radius 3 is 2.67 bits per heavy atom. The zero-order chi connectivity index (χ0) is 17.9. The molecule has 0 aromatic carbocycles. The Balaban J connectivity index is 1.92. The lowest BCUT2D eigenvalue weighted by atomic mass is 9.78. The van der Waals surface area contributed by atoms with Gasteiger partial charge < -0.3 is 15.6 Å². The third-order valence-electron chi connectivity index (χ3n) is 5.05. The van der Waals surface area contributed by atoms with E-state index in [2.05, 4.69) is 29.5 Å². The van der Waals surface area contributed by atoms with Crippen LogP contribution in [0.1, 0.15) is 54.7 Å². The normalized spacial score (nSPS) is 23.6. The van der Waals surface area contributed by atoms with Crippen LogP contribution in [0.3, 0.4) is 0 Å². The first-order valence-corrected chi connectivity index (χ1v) is 8.98. The number of carbonyl (C=O) groups is 2. The molecule has 1 fully saturated rings. The summed E-state index contributed by atoms with van der Waals surface area (Å²) in [6, 6.07) is 2.07. The standard InChI is InChI=1S/C18H27N3O2S/c1-10-6-5-7-14(13(10)4)21-15(22)9-19-17(23)16-11(2)8-12(3)20-18(16)24/h8,10,13-14H,5-7,9H2,1-4H3,(H,19,23)(H,20,24)(H,21,22). The second-order valence-electron chi connectivity index (χ2n) is 6.96. The van der Waals surface area contributed by atoms with Crippen LogP contribution in [-0.2, 0) is 4.79 Å². The van der Waals surface area contributed by atoms with Gasteiger partial charge in [-0.1, -0.05) is 38.9 Å². The van der Waals surface area contributed by atoms with Gasteiger partial charge in [-0.25, -0.2) is 0 Å². The van der Waals surface area contributed by atoms with Gasteiger partial charge in [-0.15, -0.1) is 0 Å². The fourth-order valence-electron chi connectivity index (χ4n) is 3.43. The Labute approximate surface area is 148 Å². The van der Waals surface area contributed by atoms with E-state index in [-0.39, 0.29) is 24.4 Å². The molecule has 1 aromatic rings. The first-order valence-electron chi connectivity index (χ1n) is 8.57. The molecule has 1 heterocycles. The number of aryl methyl sites for hydroxylation is 2. The van der Waals surface area contributed by atoms with Crippen LogP contribution in [0.4, 0.5) is 0 Å². The summed E-state index contributed by atoms with van der Waals surface area (Å²) in [6.07, 6.45) is 3.36. The molecule has 1 aliphatic rings. The van der Waals surface area contributed by atoms with Gasteiger partial charge in [-0.3, -0.25) is 9.59 Å². The van der Waals surface area contributed by atoms with Gasteiger partial charge in [-0.2, -0.15) is 0 Å². The minimum atomic E-state index is -0.311. The van der Waals surface area contributed by atoms with Crippen LogP contribution in [0.25, 0.3) is 0 Å². The monoisotopic (exact) mass is 349 g/mol. The van der Waals surface area contributed by atoms with Crippen molar-refractivity contribution in [1.29, 1.82) is 0 Å². The van der Waals surface area contributed by atoms with Crippen molar-refractivity contribution in [1.82, 2.24) is 15.6 Å². The maximum atomic E-state index is 12.3. The maximum absolute atomic E-state index is 12.3. The van der Waals surface area contributed by atoms with Crippen molar-refractivity contribution in [3.63, 3.8) is 0 Å². The average Bonchev–Trinajstić information content (AvgIpc) is 2.49. The Morgan fingerprint density at radius 2 is 2.00 bits per heavy atom. The number of hydrogen-bond donors (Lipinski definition) is 3. The second kappa shape index (κ2) is 7.92. The van der Waals surface area contributed by atoms with E-state index in [1.807, 2.05) is 19.9 Å². The largest absolute Gasteiger partial charge is 0.352 e. The van der Waals surface area contributed by atoms with Crippen molar-refractivity contribution in [2.24, 2.45) is 11.8 Å². The summed E-state index contributed by atoms with van der Waals surface area (Å²) in [4.78, 5) is 27.5. The molecule has 6 heteroatoms. The number of aromatic nitrogens is 1. The fourth-order valence-corrected chi connectivity index (χ4v) is 3.84. The molecular formula is C18H27N3O2S. The molecule has 3 unspecified atom stereocenters. The highest BCUT2D eigenvalue weighted by atomic mass is 32.1. The first kappa shape index (κ1) is 18.6. The van der Waals surface area contributed by atoms with Crippen molar-refractivity contribution < 1.29 is 9.59 Å². The number of pyridine rings is 1. The molecule has 1 saturated carbocycles. The van der Waals surface area contributed by atoms with Gasteiger partial charge in [0.1, 0.15) is 4.64 Å². The zero-order valence-corrected chi connectivity index (χ0v) is 15.7. The first-order chi connectivity index (χ1) is 11.3. The van der Waals surface area contributed by atoms with Gasteiger partial charge in [0.2, 0.25) is 5.91 Å². The summed E-state index contributed by atoms with van der Waals surface area (Å²) in [5.41, 5.74) is 2.15. The van der Waals surface area contributed by atoms with E-state index < -0.39 is 0 Å². The lowest BCUT2D eigenvalue weighted by Crippen LogP contribution is -2.47. The molecule has 5 nitrogen and oxygen atoms in total. The summed E-state index contributed by atoms with van der Waals surface area (Å²) in [5.74, 6) is 0.627. The molecule has 0 aliphatic heterocycles. The summed E-state index contributed by atoms with van der Waals surface area (Å²) in [5, 5.41) is 5.73. The maximum Gasteiger partial charge on any atom is 0.254 e. The van der Waals surface area contributed by atoms with E-state index in [0.717, 1.165) is 24.1 Å². The van der Waals surface area contributed by atoms with Crippen LogP contribution in [0.5, 0.6) is 0 Å². The quantitative estimate of drug-likeness (QED) is 0.732. The minimum Gasteiger partial charge on any atom is -0.352 e. The molecule has 3 N–H and O–H groups in total. The van der Waals surface area contributed by atoms with E-state index in [0.29, 0.717) is 22.0 Å². The molecule has 3 atom stereocenters. The molecule has 24 heavy (non-hydrogen) atoms. The Kier molecular flexibility index (Phi) is 6.15. The molecule has 0 spiro atoms. The molecule has 0 radical (unpaired) electrons. The Bertz CT molecular complexity index is 683. The van der Waals surface area contributed by atoms with Gasteiger partial charge in [0.25, 0.3) is 5.91 Å². The van der Waals surface area contributed by atoms with E-state index >= 15 is 0 Å². The molecule has 2 amide bonds. The number of aromatic amines is 1. The number of nitrogens with one attached hydrogen (secondary N) is 3. The number of H-pyrrole nitrogens is 1. The molecule has 1 aliphatic carbocycles. The van der Waals surface area contributed by atoms with Gasteiger partial charge in [-0.05, 0) is 43.7 Å². The number of carbonyl (C=O) groups excluding carboxylic acids is 2. The van der Waals surface area contributed by atoms with Crippen molar-refractivity contribution in [3.8, 4) is 0 Å². The third-order valence-corrected chi connectivity index (χ3v) is 5.36. The predicted molar refractivity (Wildman–Crippen MR) is 97.5 cm³/mol. The summed E-state index contributed by atoms with van der Waals surface area (Å²) < 4.78 is 0.403. The number of rotatable bonds is 4. The summed E-state index contributed by atoms with van der Waals surface area (Å²) in [7, 11) is 0. The summed E-state index contributed by atoms with van der Waals surface area (Å²) in [6.45, 7) is 8.12. The molecule has 0 saturated heterocycles. The SMILES string of the molecule is Cc1cc(C)c(C(=O)NCC(=O)NC2CCCC(C)C2C)c(=S)[nH]1. The second-order valence-corrected chi connectivity index (χ2v) is 7.37. The van der Waals surface area contributed by atoms with Crippen molar-refractivity contribution in [2.75, 3.05) is 6.54 Å². The van der Waals surface area contributed by atoms with Crippen molar-refractivity contribution in [3.05, 3.63) is 27.5 Å². The van der Waals surface area contributed by atoms with Crippen LogP contribution in [0.2, 0.25) is 0 Å². The van der Waals surface area contributed by atoms with Crippen LogP contribution in [0.15, 0.2) is 6.07 Å². The lowest BCUT2D eigenvalue weighted by molar-refractivity contribution is -0.121. The minimum absolute atomic E-state index is 0.0292. The fraction of sp³-hybridized carbons (Fsp3) is 0.611. The molecule has 132 valence electrons. The molecule has 1 aromatic heterocycles. The van der Waals surface area contributed by atoms with Crippen LogP contribution in [0, 0.1) is 30.3 Å². The van der Waals surface area contributed by atoms with Crippen molar-refractivity contribution >= 4 is 24.0 Å². The van der Waals surface area contributed by atoms with E-state index in [1.165, 1.54) is 6.42 Å². The van der Waals surface area contributed by atoms with E-state index in [9.17, 15) is 9.59 Å². The Hall–Kier alpha value is -1.69. The molecular weight excluding hydrogens is 322 g/mol. The van der Waals surface area contributed by atoms with Crippen LogP contribution in [-0.4, -0.2) is 29.4 Å². The van der Waals surface area contributed by atoms with E-state index in [4.69, 9.17) is 12.2 Å². The number of hydrogen-bond acceptors (Lipinski definition) is 3. The smallest absolute Gasteiger partial charge is 0.254 e. The van der Waals surface area contributed by atoms with Crippen LogP contribution >= 0.6 is 12.2 Å². The van der Waals surface area contributed by atoms with Gasteiger partial charge in [0.15, 0.2) is 0 Å². The average molecular weight is 350 g/mol. The topological polar surface area (TPSA) is 74.0 Å². The molecule has 0 bridgehead atoms. The highest BCUT2D eigenvalue weighted by Gasteiger charge is 2.28. The van der Waals surface area contributed by atoms with Gasteiger partial charge >= 0.3 is 0 Å². The zero-order valence-electron chi connectivity index (χ0n) is 14.9. The van der Waals surface area contributed by atoms with Crippen LogP contribution < -0.4 is 10.6 Å². The third kappa shape index (κ3) is 4.44. The van der Waals surface area contributed by atoms with Gasteiger partial charge in [0, 0.05) is 11.7 Å². The molecule has 2 rings (SSSR count). The predicted octanol–water partition coefficient (Wildman–Crippen LogP) is 3.03.